The van der Waals surface area contributed by atoms with Crippen LogP contribution in [0.4, 0.5) is 21.0 Å². The van der Waals surface area contributed by atoms with Gasteiger partial charge >= 0.3 is 18.2 Å². The second kappa shape index (κ2) is 19.4. The third-order valence-corrected chi connectivity index (χ3v) is 12.3. The summed E-state index contributed by atoms with van der Waals surface area (Å²) < 4.78 is 36.2. The van der Waals surface area contributed by atoms with E-state index in [0.29, 0.717) is 6.42 Å². The van der Waals surface area contributed by atoms with Gasteiger partial charge in [-0.3, -0.25) is 29.8 Å². The highest BCUT2D eigenvalue weighted by molar-refractivity contribution is 6.00. The average Bonchev–Trinajstić information content (AvgIpc) is 3.45. The Hall–Kier alpha value is -4.23. The van der Waals surface area contributed by atoms with Crippen LogP contribution in [0.3, 0.4) is 0 Å². The minimum atomic E-state index is -1.53. The number of hydrogen-bond donors (Lipinski definition) is 2. The molecule has 4 rings (SSSR count). The fourth-order valence-corrected chi connectivity index (χ4v) is 8.93. The molecule has 0 saturated carbocycles. The summed E-state index contributed by atoms with van der Waals surface area (Å²) in [5.41, 5.74) is -2.73. The van der Waals surface area contributed by atoms with Crippen LogP contribution in [-0.4, -0.2) is 138 Å². The third-order valence-electron chi connectivity index (χ3n) is 12.3. The molecule has 1 aromatic rings. The molecule has 18 heteroatoms. The molecule has 0 radical (unpaired) electrons. The van der Waals surface area contributed by atoms with Gasteiger partial charge in [0, 0.05) is 55.3 Å². The number of carbonyl (C=O) groups is 5. The maximum atomic E-state index is 14.6. The van der Waals surface area contributed by atoms with Gasteiger partial charge in [-0.2, -0.15) is 0 Å². The van der Waals surface area contributed by atoms with E-state index in [1.54, 1.807) is 41.5 Å². The Bertz CT molecular complexity index is 1690. The van der Waals surface area contributed by atoms with Crippen LogP contribution in [0.15, 0.2) is 24.3 Å². The molecule has 0 spiro atoms. The largest absolute Gasteiger partial charge is 0.458 e. The number of fused-ring (bicyclic) bond motifs is 1. The third kappa shape index (κ3) is 10.4. The predicted octanol–water partition coefficient (Wildman–Crippen LogP) is 4.74. The molecule has 0 aromatic heterocycles. The van der Waals surface area contributed by atoms with Gasteiger partial charge in [0.15, 0.2) is 17.7 Å². The number of ketones is 2. The number of methoxy groups -OCH3 is 1. The highest BCUT2D eigenvalue weighted by atomic mass is 16.7. The molecule has 13 atom stereocenters. The van der Waals surface area contributed by atoms with Crippen LogP contribution in [0.5, 0.6) is 0 Å². The Kier molecular flexibility index (Phi) is 15.6. The van der Waals surface area contributed by atoms with Gasteiger partial charge in [-0.25, -0.2) is 9.59 Å². The number of aliphatic hydroxyl groups is 1. The van der Waals surface area contributed by atoms with E-state index in [-0.39, 0.29) is 61.7 Å². The van der Waals surface area contributed by atoms with Gasteiger partial charge < -0.3 is 43.3 Å². The number of esters is 1. The van der Waals surface area contributed by atoms with Gasteiger partial charge in [-0.15, -0.1) is 0 Å². The average molecular weight is 835 g/mol. The molecule has 3 fully saturated rings. The highest BCUT2D eigenvalue weighted by Gasteiger charge is 2.60. The molecule has 3 aliphatic rings. The molecule has 18 nitrogen and oxygen atoms in total. The minimum absolute atomic E-state index is 0.00549. The van der Waals surface area contributed by atoms with Crippen molar-refractivity contribution in [3.8, 4) is 0 Å². The number of non-ortho nitro benzene ring substituents is 1. The van der Waals surface area contributed by atoms with E-state index in [1.165, 1.54) is 43.2 Å². The Morgan fingerprint density at radius 2 is 1.69 bits per heavy atom. The number of Topliss-reactive ketones (excluding diaryl/α,β-unsaturated/α-hetero) is 2. The lowest BCUT2D eigenvalue weighted by Crippen LogP contribution is -2.60. The van der Waals surface area contributed by atoms with Crippen molar-refractivity contribution in [1.82, 2.24) is 9.80 Å². The Morgan fingerprint density at radius 1 is 1.05 bits per heavy atom. The molecule has 1 unspecified atom stereocenters. The molecule has 0 aliphatic carbocycles. The van der Waals surface area contributed by atoms with Crippen LogP contribution < -0.4 is 5.32 Å². The van der Waals surface area contributed by atoms with E-state index in [4.69, 9.17) is 28.4 Å². The van der Waals surface area contributed by atoms with Crippen LogP contribution in [-0.2, 0) is 42.8 Å². The van der Waals surface area contributed by atoms with Crippen molar-refractivity contribution in [2.24, 2.45) is 23.7 Å². The van der Waals surface area contributed by atoms with Crippen molar-refractivity contribution >= 4 is 41.1 Å². The standard InChI is InChI=1S/C41H62N4O14/c1-12-30-41(8)34(44(39(51)59-41)18-13-19-55-38(50)42-27-14-16-28(17-15-27)45(52)53)24(4)31(46)22(2)21-40(7,54-11)35(25(5)32(47)26(6)36(49)57-30)58-37-33(48)29(43(9)10)20-23(3)56-37/h14-17,22-26,29-30,33-35,37,48H,12-13,18-21H2,1-11H3,(H,42,50)/t22-,23-,24+,25+,26-,29+,30?,33-,34-,35-,37+,40-,41-/m1/s1. The quantitative estimate of drug-likeness (QED) is 0.0768. The van der Waals surface area contributed by atoms with E-state index in [1.807, 2.05) is 25.9 Å². The summed E-state index contributed by atoms with van der Waals surface area (Å²) in [6, 6.07) is 3.92. The fraction of sp³-hybridized carbons (Fsp3) is 0.732. The van der Waals surface area contributed by atoms with Crippen LogP contribution in [0.1, 0.15) is 81.1 Å². The summed E-state index contributed by atoms with van der Waals surface area (Å²) in [5, 5.41) is 24.8. The molecule has 2 amide bonds. The van der Waals surface area contributed by atoms with Gasteiger partial charge in [0.05, 0.1) is 35.4 Å². The summed E-state index contributed by atoms with van der Waals surface area (Å²) in [7, 11) is 5.13. The van der Waals surface area contributed by atoms with Crippen molar-refractivity contribution in [2.45, 2.75) is 135 Å². The fourth-order valence-electron chi connectivity index (χ4n) is 8.93. The molecule has 3 aliphatic heterocycles. The van der Waals surface area contributed by atoms with Crippen LogP contribution >= 0.6 is 0 Å². The number of nitrogens with one attached hydrogen (secondary N) is 1. The number of cyclic esters (lactones) is 1. The normalized spacial score (nSPS) is 36.0. The number of carbonyl (C=O) groups excluding carboxylic acids is 5. The first-order chi connectivity index (χ1) is 27.6. The first kappa shape index (κ1) is 47.4. The number of hydrogen-bond acceptors (Lipinski definition) is 15. The zero-order chi connectivity index (χ0) is 44.1. The first-order valence-corrected chi connectivity index (χ1v) is 20.3. The van der Waals surface area contributed by atoms with Crippen molar-refractivity contribution in [3.05, 3.63) is 34.4 Å². The SMILES string of the molecule is CCC1OC(=O)[C@H](C)C(=O)[C@H](C)[C@@H](O[C@@H]2O[C@H](C)C[C@H](N(C)C)[C@H]2O)[C@](C)(OC)C[C@@H](C)C(=O)[C@H](C)[C@H]2N(CCCOC(=O)Nc3ccc([N+](=O)[O-])cc3)C(=O)O[C@]12C. The van der Waals surface area contributed by atoms with Crippen molar-refractivity contribution < 1.29 is 62.4 Å². The van der Waals surface area contributed by atoms with Gasteiger partial charge in [-0.1, -0.05) is 27.7 Å². The number of ether oxygens (including phenoxy) is 6. The molecular weight excluding hydrogens is 772 g/mol. The van der Waals surface area contributed by atoms with Crippen LogP contribution in [0, 0.1) is 33.8 Å². The second-order valence-electron chi connectivity index (χ2n) is 16.8. The topological polar surface area (TPSA) is 223 Å². The lowest BCUT2D eigenvalue weighted by molar-refractivity contribution is -0.384. The Labute approximate surface area is 345 Å². The molecule has 3 saturated heterocycles. The minimum Gasteiger partial charge on any atom is -0.458 e. The summed E-state index contributed by atoms with van der Waals surface area (Å²) in [6.45, 7) is 13.3. The van der Waals surface area contributed by atoms with E-state index < -0.39 is 94.4 Å². The molecule has 0 bridgehead atoms. The molecule has 330 valence electrons. The molecule has 3 heterocycles. The number of benzene rings is 1. The number of amides is 2. The maximum Gasteiger partial charge on any atom is 0.411 e. The summed E-state index contributed by atoms with van der Waals surface area (Å²) in [5.74, 6) is -5.54. The number of aliphatic hydroxyl groups excluding tert-OH is 1. The van der Waals surface area contributed by atoms with Crippen LogP contribution in [0.2, 0.25) is 0 Å². The summed E-state index contributed by atoms with van der Waals surface area (Å²) in [6.07, 6.45) is -5.41. The van der Waals surface area contributed by atoms with E-state index in [9.17, 15) is 39.2 Å². The smallest absolute Gasteiger partial charge is 0.411 e. The van der Waals surface area contributed by atoms with Gasteiger partial charge in [-0.05, 0) is 79.6 Å². The number of nitrogens with zero attached hydrogens (tertiary/aromatic N) is 3. The lowest BCUT2D eigenvalue weighted by Gasteiger charge is -2.47. The number of likely N-dealkylation sites (N-methyl/N-ethyl adjacent to an activating group) is 1. The zero-order valence-corrected chi connectivity index (χ0v) is 36.0. The summed E-state index contributed by atoms with van der Waals surface area (Å²) in [4.78, 5) is 82.7. The summed E-state index contributed by atoms with van der Waals surface area (Å²) >= 11 is 0. The van der Waals surface area contributed by atoms with Gasteiger partial charge in [0.2, 0.25) is 0 Å². The highest BCUT2D eigenvalue weighted by Crippen LogP contribution is 2.43. The van der Waals surface area contributed by atoms with Crippen molar-refractivity contribution in [3.63, 3.8) is 0 Å². The molecular formula is C41H62N4O14. The van der Waals surface area contributed by atoms with E-state index >= 15 is 0 Å². The Morgan fingerprint density at radius 3 is 2.27 bits per heavy atom. The number of nitro groups is 1. The second-order valence-corrected chi connectivity index (χ2v) is 16.8. The number of rotatable bonds is 11. The molecule has 59 heavy (non-hydrogen) atoms. The van der Waals surface area contributed by atoms with E-state index in [2.05, 4.69) is 5.32 Å². The number of nitro benzene ring substituents is 1. The van der Waals surface area contributed by atoms with Crippen LogP contribution in [0.25, 0.3) is 0 Å². The maximum absolute atomic E-state index is 14.6. The van der Waals surface area contributed by atoms with E-state index in [0.717, 1.165) is 0 Å². The first-order valence-electron chi connectivity index (χ1n) is 20.3. The van der Waals surface area contributed by atoms with Gasteiger partial charge in [0.25, 0.3) is 5.69 Å². The van der Waals surface area contributed by atoms with Crippen molar-refractivity contribution in [2.75, 3.05) is 39.7 Å². The van der Waals surface area contributed by atoms with Gasteiger partial charge in [0.1, 0.15) is 23.9 Å². The monoisotopic (exact) mass is 834 g/mol. The molecule has 1 aromatic carbocycles. The molecule has 2 N–H and O–H groups in total. The predicted molar refractivity (Wildman–Crippen MR) is 212 cm³/mol. The zero-order valence-electron chi connectivity index (χ0n) is 36.0. The lowest BCUT2D eigenvalue weighted by atomic mass is 9.73. The Balaban J connectivity index is 1.63. The van der Waals surface area contributed by atoms with Crippen molar-refractivity contribution in [1.29, 1.82) is 0 Å². The number of anilines is 1.